The van der Waals surface area contributed by atoms with Gasteiger partial charge in [0.15, 0.2) is 5.76 Å². The Hall–Kier alpha value is -2.31. The molecule has 3 heteroatoms. The van der Waals surface area contributed by atoms with Crippen molar-refractivity contribution in [1.29, 1.82) is 5.26 Å². The van der Waals surface area contributed by atoms with Gasteiger partial charge in [0.25, 0.3) is 0 Å². The van der Waals surface area contributed by atoms with Crippen LogP contribution in [0.5, 0.6) is 0 Å². The molecule has 0 aromatic heterocycles. The van der Waals surface area contributed by atoms with Gasteiger partial charge in [-0.1, -0.05) is 82.3 Å². The topological polar surface area (TPSA) is 33.0 Å². The Labute approximate surface area is 147 Å². The van der Waals surface area contributed by atoms with Gasteiger partial charge in [0.2, 0.25) is 0 Å². The molecular formula is C21H24NOSi. The van der Waals surface area contributed by atoms with E-state index in [-0.39, 0.29) is 5.41 Å². The number of allylic oxidation sites excluding steroid dienone is 2. The molecule has 0 spiro atoms. The van der Waals surface area contributed by atoms with Crippen LogP contribution in [-0.2, 0) is 9.84 Å². The lowest BCUT2D eigenvalue weighted by Gasteiger charge is -2.21. The van der Waals surface area contributed by atoms with E-state index < -0.39 is 9.04 Å². The van der Waals surface area contributed by atoms with Crippen LogP contribution in [0.1, 0.15) is 39.7 Å². The lowest BCUT2D eigenvalue weighted by atomic mass is 9.87. The Bertz CT molecular complexity index is 721. The minimum Gasteiger partial charge on any atom is -0.525 e. The predicted molar refractivity (Wildman–Crippen MR) is 102 cm³/mol. The number of hydrogen-bond donors (Lipinski definition) is 0. The van der Waals surface area contributed by atoms with E-state index in [1.54, 1.807) is 0 Å². The molecule has 0 heterocycles. The van der Waals surface area contributed by atoms with Gasteiger partial charge < -0.3 is 4.43 Å². The van der Waals surface area contributed by atoms with Gasteiger partial charge in [-0.05, 0) is 33.8 Å². The molecule has 24 heavy (non-hydrogen) atoms. The molecule has 0 aliphatic rings. The summed E-state index contributed by atoms with van der Waals surface area (Å²) in [5, 5.41) is 11.6. The van der Waals surface area contributed by atoms with Crippen molar-refractivity contribution in [3.63, 3.8) is 0 Å². The van der Waals surface area contributed by atoms with E-state index >= 15 is 0 Å². The first-order chi connectivity index (χ1) is 11.5. The third-order valence-electron chi connectivity index (χ3n) is 3.76. The average molecular weight is 335 g/mol. The molecule has 0 N–H and O–H groups in total. The second-order valence-corrected chi connectivity index (χ2v) is 8.73. The summed E-state index contributed by atoms with van der Waals surface area (Å²) in [5.41, 5.74) is 1.42. The van der Waals surface area contributed by atoms with Crippen LogP contribution in [0.3, 0.4) is 0 Å². The summed E-state index contributed by atoms with van der Waals surface area (Å²) in [6.07, 6.45) is 2.63. The molecule has 0 aliphatic carbocycles. The van der Waals surface area contributed by atoms with Crippen molar-refractivity contribution in [3.05, 3.63) is 72.0 Å². The van der Waals surface area contributed by atoms with Crippen molar-refractivity contribution < 1.29 is 4.43 Å². The fraction of sp³-hybridized carbons (Fsp3) is 0.286. The van der Waals surface area contributed by atoms with Gasteiger partial charge in [-0.25, -0.2) is 0 Å². The quantitative estimate of drug-likeness (QED) is 0.472. The lowest BCUT2D eigenvalue weighted by molar-refractivity contribution is 0.472. The van der Waals surface area contributed by atoms with Crippen LogP contribution in [0, 0.1) is 11.3 Å². The van der Waals surface area contributed by atoms with E-state index in [9.17, 15) is 5.26 Å². The second-order valence-electron chi connectivity index (χ2n) is 6.71. The van der Waals surface area contributed by atoms with E-state index in [4.69, 9.17) is 4.43 Å². The van der Waals surface area contributed by atoms with Crippen LogP contribution in [0.25, 0.3) is 0 Å². The first-order valence-electron chi connectivity index (χ1n) is 8.27. The molecule has 123 valence electrons. The van der Waals surface area contributed by atoms with Gasteiger partial charge in [0.05, 0.1) is 0 Å². The number of rotatable bonds is 5. The van der Waals surface area contributed by atoms with Gasteiger partial charge in [-0.3, -0.25) is 0 Å². The molecule has 1 radical (unpaired) electrons. The minimum absolute atomic E-state index is 0.124. The van der Waals surface area contributed by atoms with Gasteiger partial charge in [0.1, 0.15) is 6.07 Å². The predicted octanol–water partition coefficient (Wildman–Crippen LogP) is 3.92. The molecule has 0 amide bonds. The van der Waals surface area contributed by atoms with Gasteiger partial charge >= 0.3 is 9.04 Å². The van der Waals surface area contributed by atoms with E-state index in [0.717, 1.165) is 16.8 Å². The zero-order chi connectivity index (χ0) is 17.6. The molecule has 0 aliphatic heterocycles. The smallest absolute Gasteiger partial charge is 0.353 e. The highest BCUT2D eigenvalue weighted by Gasteiger charge is 2.23. The second kappa shape index (κ2) is 7.99. The van der Waals surface area contributed by atoms with Crippen LogP contribution < -0.4 is 10.4 Å². The van der Waals surface area contributed by atoms with Gasteiger partial charge in [-0.2, -0.15) is 5.26 Å². The Morgan fingerprint density at radius 2 is 1.62 bits per heavy atom. The summed E-state index contributed by atoms with van der Waals surface area (Å²) in [7, 11) is -1.48. The van der Waals surface area contributed by atoms with Crippen molar-refractivity contribution in [1.82, 2.24) is 0 Å². The number of nitriles is 1. The summed E-state index contributed by atoms with van der Waals surface area (Å²) in [6, 6.07) is 21.0. The molecule has 0 fully saturated rings. The normalized spacial score (nSPS) is 12.1. The molecule has 0 atom stereocenters. The van der Waals surface area contributed by atoms with E-state index in [1.807, 2.05) is 31.2 Å². The summed E-state index contributed by atoms with van der Waals surface area (Å²) in [4.78, 5) is 0. The summed E-state index contributed by atoms with van der Waals surface area (Å²) in [5.74, 6) is 0.412. The highest BCUT2D eigenvalue weighted by molar-refractivity contribution is 6.80. The zero-order valence-corrected chi connectivity index (χ0v) is 15.8. The maximum absolute atomic E-state index is 9.32. The van der Waals surface area contributed by atoms with E-state index in [1.165, 1.54) is 5.56 Å². The molecule has 2 rings (SSSR count). The Morgan fingerprint density at radius 3 is 2.12 bits per heavy atom. The van der Waals surface area contributed by atoms with E-state index in [0.29, 0.717) is 5.76 Å². The molecular weight excluding hydrogens is 310 g/mol. The van der Waals surface area contributed by atoms with Crippen molar-refractivity contribution in [3.8, 4) is 6.07 Å². The largest absolute Gasteiger partial charge is 0.525 e. The van der Waals surface area contributed by atoms with Gasteiger partial charge in [0, 0.05) is 0 Å². The monoisotopic (exact) mass is 334 g/mol. The zero-order valence-electron chi connectivity index (χ0n) is 14.8. The molecule has 0 saturated heterocycles. The Balaban J connectivity index is 2.40. The summed E-state index contributed by atoms with van der Waals surface area (Å²) in [6.45, 7) is 8.63. The number of benzene rings is 2. The van der Waals surface area contributed by atoms with Crippen molar-refractivity contribution in [2.24, 2.45) is 0 Å². The maximum Gasteiger partial charge on any atom is 0.353 e. The van der Waals surface area contributed by atoms with E-state index in [2.05, 4.69) is 63.2 Å². The molecule has 2 aromatic carbocycles. The van der Waals surface area contributed by atoms with Crippen molar-refractivity contribution in [2.45, 2.75) is 39.5 Å². The first kappa shape index (κ1) is 18.0. The highest BCUT2D eigenvalue weighted by atomic mass is 28.3. The molecule has 2 nitrogen and oxygen atoms in total. The minimum atomic E-state index is -1.48. The lowest BCUT2D eigenvalue weighted by Crippen LogP contribution is -2.44. The first-order valence-corrected chi connectivity index (χ1v) is 9.68. The number of hydrogen-bond acceptors (Lipinski definition) is 2. The summed E-state index contributed by atoms with van der Waals surface area (Å²) < 4.78 is 6.14. The third-order valence-corrected chi connectivity index (χ3v) is 5.90. The highest BCUT2D eigenvalue weighted by Crippen LogP contribution is 2.20. The van der Waals surface area contributed by atoms with Crippen LogP contribution >= 0.6 is 0 Å². The van der Waals surface area contributed by atoms with Crippen LogP contribution in [0.4, 0.5) is 0 Å². The van der Waals surface area contributed by atoms with Crippen molar-refractivity contribution in [2.75, 3.05) is 0 Å². The maximum atomic E-state index is 9.32. The van der Waals surface area contributed by atoms with Crippen molar-refractivity contribution >= 4 is 19.4 Å². The molecule has 0 saturated carbocycles. The van der Waals surface area contributed by atoms with Crippen LogP contribution in [0.15, 0.2) is 66.4 Å². The van der Waals surface area contributed by atoms with Crippen LogP contribution in [-0.4, -0.2) is 9.04 Å². The molecule has 2 aromatic rings. The third kappa shape index (κ3) is 4.59. The van der Waals surface area contributed by atoms with Crippen LogP contribution in [0.2, 0.25) is 0 Å². The Kier molecular flexibility index (Phi) is 6.00. The standard InChI is InChI=1S/C21H24NOSi/c1-5-9-18(16-22)23-24(19-10-7-6-8-11-19)20-14-12-17(13-15-20)21(2,3)4/h6-15H,5H2,1-4H3/b18-9-. The molecule has 0 unspecified atom stereocenters. The van der Waals surface area contributed by atoms with Gasteiger partial charge in [-0.15, -0.1) is 0 Å². The molecule has 0 bridgehead atoms. The fourth-order valence-electron chi connectivity index (χ4n) is 2.40. The Morgan fingerprint density at radius 1 is 1.04 bits per heavy atom. The fourth-order valence-corrected chi connectivity index (χ4v) is 4.28. The average Bonchev–Trinajstić information content (AvgIpc) is 2.59. The number of nitrogens with zero attached hydrogens (tertiary/aromatic N) is 1. The summed E-state index contributed by atoms with van der Waals surface area (Å²) >= 11 is 0. The SMILES string of the molecule is CC/C=C(/C#N)O[Si](c1ccccc1)c1ccc(C(C)(C)C)cc1.